The predicted octanol–water partition coefficient (Wildman–Crippen LogP) is 3.83. The Bertz CT molecular complexity index is 506. The number of amides is 1. The number of carbonyl (C=O) groups excluding carboxylic acids is 1. The molecule has 0 bridgehead atoms. The Morgan fingerprint density at radius 3 is 2.47 bits per heavy atom. The first-order valence-corrected chi connectivity index (χ1v) is 6.12. The predicted molar refractivity (Wildman–Crippen MR) is 72.7 cm³/mol. The standard InChI is InChI=1S/C11H10Cl2N2OS/c1-4-6(3)7(5-2)14-11(16)9-8(12)10(13)15-17-9/h4-5H,1-2H2,3H3,(H,14,16)/b7-6+. The van der Waals surface area contributed by atoms with Crippen molar-refractivity contribution in [3.05, 3.63) is 51.6 Å². The molecule has 6 heteroatoms. The maximum absolute atomic E-state index is 11.9. The maximum atomic E-state index is 11.9. The van der Waals surface area contributed by atoms with Crippen molar-refractivity contribution in [1.82, 2.24) is 9.69 Å². The van der Waals surface area contributed by atoms with Crippen LogP contribution in [0.15, 0.2) is 36.6 Å². The fraction of sp³-hybridized carbons (Fsp3) is 0.0909. The molecule has 0 aliphatic heterocycles. The molecule has 0 unspecified atom stereocenters. The van der Waals surface area contributed by atoms with Gasteiger partial charge < -0.3 is 5.32 Å². The molecule has 0 aliphatic carbocycles. The lowest BCUT2D eigenvalue weighted by atomic mass is 10.2. The molecule has 17 heavy (non-hydrogen) atoms. The third-order valence-corrected chi connectivity index (χ3v) is 3.78. The van der Waals surface area contributed by atoms with Gasteiger partial charge in [0.15, 0.2) is 5.15 Å². The first-order chi connectivity index (χ1) is 8.01. The number of hydrogen-bond donors (Lipinski definition) is 1. The summed E-state index contributed by atoms with van der Waals surface area (Å²) in [5.41, 5.74) is 1.38. The molecule has 0 spiro atoms. The fourth-order valence-corrected chi connectivity index (χ4v) is 2.11. The van der Waals surface area contributed by atoms with Crippen LogP contribution in [0.25, 0.3) is 0 Å². The van der Waals surface area contributed by atoms with Gasteiger partial charge in [0, 0.05) is 5.70 Å². The molecule has 0 fully saturated rings. The Morgan fingerprint density at radius 1 is 1.41 bits per heavy atom. The minimum Gasteiger partial charge on any atom is -0.321 e. The summed E-state index contributed by atoms with van der Waals surface area (Å²) in [7, 11) is 0. The topological polar surface area (TPSA) is 42.0 Å². The van der Waals surface area contributed by atoms with Crippen LogP contribution in [0.4, 0.5) is 0 Å². The molecule has 1 aromatic rings. The first-order valence-electron chi connectivity index (χ1n) is 4.59. The molecule has 0 saturated heterocycles. The van der Waals surface area contributed by atoms with Crippen LogP contribution in [0.3, 0.4) is 0 Å². The summed E-state index contributed by atoms with van der Waals surface area (Å²) in [4.78, 5) is 12.1. The Morgan fingerprint density at radius 2 is 2.06 bits per heavy atom. The summed E-state index contributed by atoms with van der Waals surface area (Å²) in [6.07, 6.45) is 3.16. The van der Waals surface area contributed by atoms with Crippen LogP contribution in [-0.2, 0) is 0 Å². The van der Waals surface area contributed by atoms with Gasteiger partial charge in [-0.25, -0.2) is 0 Å². The lowest BCUT2D eigenvalue weighted by Gasteiger charge is -2.06. The van der Waals surface area contributed by atoms with Gasteiger partial charge in [0.2, 0.25) is 0 Å². The quantitative estimate of drug-likeness (QED) is 0.856. The average Bonchev–Trinajstić information content (AvgIpc) is 2.66. The van der Waals surface area contributed by atoms with Crippen LogP contribution in [0.2, 0.25) is 10.2 Å². The van der Waals surface area contributed by atoms with Gasteiger partial charge in [-0.3, -0.25) is 4.79 Å². The number of nitrogens with zero attached hydrogens (tertiary/aromatic N) is 1. The van der Waals surface area contributed by atoms with Gasteiger partial charge in [-0.05, 0) is 30.1 Å². The number of aromatic nitrogens is 1. The lowest BCUT2D eigenvalue weighted by molar-refractivity contribution is 0.0971. The monoisotopic (exact) mass is 288 g/mol. The Balaban J connectivity index is 2.97. The van der Waals surface area contributed by atoms with Crippen molar-refractivity contribution in [3.8, 4) is 0 Å². The second kappa shape index (κ2) is 6.00. The first kappa shape index (κ1) is 14.0. The van der Waals surface area contributed by atoms with E-state index in [-0.39, 0.29) is 21.0 Å². The van der Waals surface area contributed by atoms with Crippen LogP contribution in [-0.4, -0.2) is 10.3 Å². The molecule has 0 radical (unpaired) electrons. The summed E-state index contributed by atoms with van der Waals surface area (Å²) < 4.78 is 3.79. The number of hydrogen-bond acceptors (Lipinski definition) is 3. The highest BCUT2D eigenvalue weighted by atomic mass is 35.5. The van der Waals surface area contributed by atoms with Gasteiger partial charge in [-0.15, -0.1) is 0 Å². The van der Waals surface area contributed by atoms with Gasteiger partial charge >= 0.3 is 0 Å². The van der Waals surface area contributed by atoms with Crippen LogP contribution in [0, 0.1) is 0 Å². The summed E-state index contributed by atoms with van der Waals surface area (Å²) in [6.45, 7) is 9.04. The lowest BCUT2D eigenvalue weighted by Crippen LogP contribution is -2.22. The van der Waals surface area contributed by atoms with Crippen molar-refractivity contribution in [3.63, 3.8) is 0 Å². The summed E-state index contributed by atoms with van der Waals surface area (Å²) in [5.74, 6) is -0.365. The summed E-state index contributed by atoms with van der Waals surface area (Å²) in [6, 6.07) is 0. The van der Waals surface area contributed by atoms with E-state index in [0.29, 0.717) is 5.70 Å². The van der Waals surface area contributed by atoms with Gasteiger partial charge in [-0.1, -0.05) is 42.4 Å². The molecular formula is C11H10Cl2N2OS. The third-order valence-electron chi connectivity index (χ3n) is 1.99. The smallest absolute Gasteiger partial charge is 0.268 e. The molecule has 0 aromatic carbocycles. The van der Waals surface area contributed by atoms with Crippen molar-refractivity contribution < 1.29 is 4.79 Å². The third kappa shape index (κ3) is 3.19. The van der Waals surface area contributed by atoms with E-state index in [1.54, 1.807) is 6.08 Å². The van der Waals surface area contributed by atoms with Crippen LogP contribution >= 0.6 is 34.7 Å². The summed E-state index contributed by atoms with van der Waals surface area (Å²) >= 11 is 12.5. The van der Waals surface area contributed by atoms with Crippen molar-refractivity contribution >= 4 is 40.6 Å². The van der Waals surface area contributed by atoms with E-state index in [1.807, 2.05) is 6.92 Å². The van der Waals surface area contributed by atoms with E-state index in [0.717, 1.165) is 17.1 Å². The number of halogens is 2. The second-order valence-electron chi connectivity index (χ2n) is 3.08. The highest BCUT2D eigenvalue weighted by Crippen LogP contribution is 2.28. The SMILES string of the molecule is C=C/C(C)=C(\C=C)NC(=O)c1snc(Cl)c1Cl. The van der Waals surface area contributed by atoms with E-state index in [9.17, 15) is 4.79 Å². The van der Waals surface area contributed by atoms with E-state index >= 15 is 0 Å². The number of allylic oxidation sites excluding steroid dienone is 3. The van der Waals surface area contributed by atoms with E-state index in [4.69, 9.17) is 23.2 Å². The Labute approximate surface area is 114 Å². The molecule has 0 atom stereocenters. The zero-order valence-electron chi connectivity index (χ0n) is 9.09. The molecule has 1 amide bonds. The van der Waals surface area contributed by atoms with Crippen molar-refractivity contribution in [2.45, 2.75) is 6.92 Å². The molecule has 1 rings (SSSR count). The Hall–Kier alpha value is -1.10. The normalized spacial score (nSPS) is 11.7. The second-order valence-corrected chi connectivity index (χ2v) is 4.58. The van der Waals surface area contributed by atoms with Gasteiger partial charge in [0.05, 0.1) is 0 Å². The molecule has 0 aliphatic rings. The van der Waals surface area contributed by atoms with Crippen LogP contribution < -0.4 is 5.32 Å². The minimum atomic E-state index is -0.365. The molecule has 1 N–H and O–H groups in total. The molecule has 1 heterocycles. The van der Waals surface area contributed by atoms with Crippen molar-refractivity contribution in [1.29, 1.82) is 0 Å². The Kier molecular flexibility index (Phi) is 4.93. The molecule has 0 saturated carbocycles. The molecule has 3 nitrogen and oxygen atoms in total. The molecule has 1 aromatic heterocycles. The van der Waals surface area contributed by atoms with E-state index < -0.39 is 0 Å². The largest absolute Gasteiger partial charge is 0.321 e. The van der Waals surface area contributed by atoms with Crippen LogP contribution in [0.5, 0.6) is 0 Å². The zero-order chi connectivity index (χ0) is 13.0. The van der Waals surface area contributed by atoms with Crippen molar-refractivity contribution in [2.75, 3.05) is 0 Å². The minimum absolute atomic E-state index is 0.131. The highest BCUT2D eigenvalue weighted by molar-refractivity contribution is 7.09. The van der Waals surface area contributed by atoms with Gasteiger partial charge in [0.25, 0.3) is 5.91 Å². The average molecular weight is 289 g/mol. The van der Waals surface area contributed by atoms with E-state index in [2.05, 4.69) is 22.8 Å². The zero-order valence-corrected chi connectivity index (χ0v) is 11.4. The fourth-order valence-electron chi connectivity index (χ4n) is 1.00. The van der Waals surface area contributed by atoms with Crippen LogP contribution in [0.1, 0.15) is 16.6 Å². The molecule has 90 valence electrons. The number of nitrogens with one attached hydrogen (secondary N) is 1. The maximum Gasteiger partial charge on any atom is 0.268 e. The number of carbonyl (C=O) groups is 1. The van der Waals surface area contributed by atoms with Gasteiger partial charge in [-0.2, -0.15) is 4.37 Å². The number of rotatable bonds is 4. The highest BCUT2D eigenvalue weighted by Gasteiger charge is 2.17. The van der Waals surface area contributed by atoms with E-state index in [1.165, 1.54) is 6.08 Å². The van der Waals surface area contributed by atoms with Crippen molar-refractivity contribution in [2.24, 2.45) is 0 Å². The van der Waals surface area contributed by atoms with Gasteiger partial charge in [0.1, 0.15) is 9.90 Å². The summed E-state index contributed by atoms with van der Waals surface area (Å²) in [5, 5.41) is 2.96. The molecular weight excluding hydrogens is 279 g/mol.